The van der Waals surface area contributed by atoms with Crippen LogP contribution in [-0.2, 0) is 9.16 Å². The van der Waals surface area contributed by atoms with Crippen LogP contribution >= 0.6 is 0 Å². The molecule has 2 fully saturated rings. The molecule has 2 aliphatic rings. The van der Waals surface area contributed by atoms with Crippen molar-refractivity contribution in [2.45, 2.75) is 57.0 Å². The summed E-state index contributed by atoms with van der Waals surface area (Å²) in [5, 5.41) is 0. The Labute approximate surface area is 97.3 Å². The number of hydrogen-bond acceptors (Lipinski definition) is 2. The quantitative estimate of drug-likeness (QED) is 0.540. The molecule has 0 N–H and O–H groups in total. The molecule has 1 heterocycles. The maximum Gasteiger partial charge on any atom is 0.186 e. The SMILES string of the molecule is C[Si](C)(CCC1CCC2OC2C1)OC[SiH3]. The Morgan fingerprint density at radius 3 is 2.80 bits per heavy atom. The molecule has 1 aliphatic carbocycles. The van der Waals surface area contributed by atoms with E-state index < -0.39 is 8.32 Å². The number of epoxide rings is 1. The zero-order chi connectivity index (χ0) is 10.9. The van der Waals surface area contributed by atoms with E-state index in [0.29, 0.717) is 12.2 Å². The van der Waals surface area contributed by atoms with Crippen LogP contribution in [0.5, 0.6) is 0 Å². The van der Waals surface area contributed by atoms with Crippen molar-refractivity contribution in [1.82, 2.24) is 0 Å². The summed E-state index contributed by atoms with van der Waals surface area (Å²) in [6.07, 6.45) is 7.75. The Hall–Kier alpha value is 0.354. The molecule has 3 unspecified atom stereocenters. The zero-order valence-electron chi connectivity index (χ0n) is 10.3. The Morgan fingerprint density at radius 1 is 1.33 bits per heavy atom. The average Bonchev–Trinajstić information content (AvgIpc) is 2.92. The second-order valence-corrected chi connectivity index (χ2v) is 10.5. The van der Waals surface area contributed by atoms with Crippen LogP contribution < -0.4 is 0 Å². The summed E-state index contributed by atoms with van der Waals surface area (Å²) >= 11 is 0. The van der Waals surface area contributed by atoms with Crippen molar-refractivity contribution in [3.05, 3.63) is 0 Å². The molecule has 1 aliphatic heterocycles. The van der Waals surface area contributed by atoms with Gasteiger partial charge in [0.15, 0.2) is 8.32 Å². The first kappa shape index (κ1) is 11.8. The van der Waals surface area contributed by atoms with E-state index in [0.717, 1.165) is 12.1 Å². The van der Waals surface area contributed by atoms with Crippen molar-refractivity contribution in [3.8, 4) is 0 Å². The topological polar surface area (TPSA) is 21.8 Å². The summed E-state index contributed by atoms with van der Waals surface area (Å²) in [5.41, 5.74) is 0. The summed E-state index contributed by atoms with van der Waals surface area (Å²) in [6, 6.07) is 1.34. The van der Waals surface area contributed by atoms with Crippen molar-refractivity contribution in [2.24, 2.45) is 5.92 Å². The monoisotopic (exact) mass is 244 g/mol. The minimum absolute atomic E-state index is 0.646. The third kappa shape index (κ3) is 3.41. The lowest BCUT2D eigenvalue weighted by atomic mass is 9.88. The van der Waals surface area contributed by atoms with Gasteiger partial charge in [0.25, 0.3) is 0 Å². The van der Waals surface area contributed by atoms with Crippen LogP contribution in [0, 0.1) is 5.92 Å². The lowest BCUT2D eigenvalue weighted by molar-refractivity contribution is 0.342. The maximum absolute atomic E-state index is 5.93. The Morgan fingerprint density at radius 2 is 2.13 bits per heavy atom. The molecule has 88 valence electrons. The molecule has 0 aromatic heterocycles. The van der Waals surface area contributed by atoms with E-state index in [1.54, 1.807) is 0 Å². The molecule has 0 aromatic carbocycles. The van der Waals surface area contributed by atoms with Gasteiger partial charge in [-0.3, -0.25) is 0 Å². The first-order valence-corrected chi connectivity index (χ1v) is 10.9. The van der Waals surface area contributed by atoms with E-state index in [2.05, 4.69) is 13.1 Å². The van der Waals surface area contributed by atoms with Crippen LogP contribution in [0.4, 0.5) is 0 Å². The highest BCUT2D eigenvalue weighted by Gasteiger charge is 2.43. The molecule has 2 rings (SSSR count). The standard InChI is InChI=1S/C11H24O2Si2/c1-15(2,12-8-14)6-5-9-3-4-10-11(7-9)13-10/h9-11H,3-8H2,1-2,14H3. The van der Waals surface area contributed by atoms with E-state index >= 15 is 0 Å². The van der Waals surface area contributed by atoms with E-state index in [1.807, 2.05) is 0 Å². The summed E-state index contributed by atoms with van der Waals surface area (Å²) < 4.78 is 11.5. The van der Waals surface area contributed by atoms with Gasteiger partial charge in [-0.1, -0.05) is 6.42 Å². The predicted molar refractivity (Wildman–Crippen MR) is 68.8 cm³/mol. The minimum Gasteiger partial charge on any atom is -0.422 e. The number of ether oxygens (including phenoxy) is 1. The molecule has 15 heavy (non-hydrogen) atoms. The predicted octanol–water partition coefficient (Wildman–Crippen LogP) is 1.49. The van der Waals surface area contributed by atoms with Crippen molar-refractivity contribution < 1.29 is 9.16 Å². The highest BCUT2D eigenvalue weighted by Crippen LogP contribution is 2.41. The van der Waals surface area contributed by atoms with Gasteiger partial charge in [0.1, 0.15) is 0 Å². The van der Waals surface area contributed by atoms with Gasteiger partial charge in [0, 0.05) is 16.5 Å². The smallest absolute Gasteiger partial charge is 0.186 e. The molecule has 3 atom stereocenters. The molecule has 2 nitrogen and oxygen atoms in total. The lowest BCUT2D eigenvalue weighted by Crippen LogP contribution is -2.31. The van der Waals surface area contributed by atoms with E-state index in [1.165, 1.54) is 42.0 Å². The van der Waals surface area contributed by atoms with Crippen LogP contribution in [0.15, 0.2) is 0 Å². The third-order valence-electron chi connectivity index (χ3n) is 3.80. The van der Waals surface area contributed by atoms with Gasteiger partial charge in [-0.15, -0.1) is 0 Å². The van der Waals surface area contributed by atoms with Crippen molar-refractivity contribution in [3.63, 3.8) is 0 Å². The first-order valence-electron chi connectivity index (χ1n) is 6.40. The van der Waals surface area contributed by atoms with Crippen LogP contribution in [0.3, 0.4) is 0 Å². The number of rotatable bonds is 5. The molecule has 0 spiro atoms. The second-order valence-electron chi connectivity index (χ2n) is 5.62. The summed E-state index contributed by atoms with van der Waals surface area (Å²) in [7, 11) is -0.119. The molecular weight excluding hydrogens is 220 g/mol. The average molecular weight is 244 g/mol. The van der Waals surface area contributed by atoms with Crippen LogP contribution in [0.1, 0.15) is 25.7 Å². The molecule has 0 bridgehead atoms. The van der Waals surface area contributed by atoms with Crippen molar-refractivity contribution >= 4 is 18.6 Å². The van der Waals surface area contributed by atoms with Gasteiger partial charge < -0.3 is 9.16 Å². The molecule has 4 heteroatoms. The number of fused-ring (bicyclic) bond motifs is 1. The van der Waals surface area contributed by atoms with E-state index in [9.17, 15) is 0 Å². The summed E-state index contributed by atoms with van der Waals surface area (Å²) in [6.45, 7) is 4.73. The molecule has 0 aromatic rings. The minimum atomic E-state index is -1.30. The summed E-state index contributed by atoms with van der Waals surface area (Å²) in [5.74, 6) is 0.929. The van der Waals surface area contributed by atoms with Crippen LogP contribution in [0.25, 0.3) is 0 Å². The van der Waals surface area contributed by atoms with Crippen LogP contribution in [0.2, 0.25) is 19.1 Å². The zero-order valence-corrected chi connectivity index (χ0v) is 13.3. The van der Waals surface area contributed by atoms with Crippen molar-refractivity contribution in [1.29, 1.82) is 0 Å². The lowest BCUT2D eigenvalue weighted by Gasteiger charge is -2.26. The number of hydrogen-bond donors (Lipinski definition) is 0. The van der Waals surface area contributed by atoms with Gasteiger partial charge in [0.2, 0.25) is 0 Å². The highest BCUT2D eigenvalue weighted by atomic mass is 28.4. The molecule has 1 saturated carbocycles. The van der Waals surface area contributed by atoms with Gasteiger partial charge in [0.05, 0.1) is 12.2 Å². The Bertz CT molecular complexity index is 221. The molecule has 1 saturated heterocycles. The van der Waals surface area contributed by atoms with Crippen LogP contribution in [-0.4, -0.2) is 37.0 Å². The molecular formula is C11H24O2Si2. The summed E-state index contributed by atoms with van der Waals surface area (Å²) in [4.78, 5) is 0. The fraction of sp³-hybridized carbons (Fsp3) is 1.00. The first-order chi connectivity index (χ1) is 7.11. The van der Waals surface area contributed by atoms with E-state index in [4.69, 9.17) is 9.16 Å². The Balaban J connectivity index is 1.68. The van der Waals surface area contributed by atoms with Gasteiger partial charge >= 0.3 is 0 Å². The maximum atomic E-state index is 5.93. The third-order valence-corrected chi connectivity index (χ3v) is 7.23. The van der Waals surface area contributed by atoms with Gasteiger partial charge in [-0.25, -0.2) is 0 Å². The fourth-order valence-corrected chi connectivity index (χ4v) is 7.14. The fourth-order valence-electron chi connectivity index (χ4n) is 2.76. The van der Waals surface area contributed by atoms with E-state index in [-0.39, 0.29) is 0 Å². The Kier molecular flexibility index (Phi) is 3.70. The van der Waals surface area contributed by atoms with Crippen molar-refractivity contribution in [2.75, 3.05) is 6.23 Å². The largest absolute Gasteiger partial charge is 0.422 e. The normalized spacial score (nSPS) is 35.2. The highest BCUT2D eigenvalue weighted by molar-refractivity contribution is 6.71. The second kappa shape index (κ2) is 4.69. The van der Waals surface area contributed by atoms with Gasteiger partial charge in [-0.05, 0) is 44.3 Å². The molecule has 0 amide bonds. The molecule has 0 radical (unpaired) electrons. The van der Waals surface area contributed by atoms with Gasteiger partial charge in [-0.2, -0.15) is 0 Å².